The van der Waals surface area contributed by atoms with Gasteiger partial charge in [-0.05, 0) is 0 Å². The number of carboxylic acid groups (broad SMARTS) is 1. The van der Waals surface area contributed by atoms with Gasteiger partial charge in [0.15, 0.2) is 11.6 Å². The Morgan fingerprint density at radius 3 is 1.57 bits per heavy atom. The fourth-order valence-electron chi connectivity index (χ4n) is 0.799. The summed E-state index contributed by atoms with van der Waals surface area (Å²) in [5.74, 6) is -13.2. The van der Waals surface area contributed by atoms with Gasteiger partial charge in [-0.15, -0.1) is 0 Å². The summed E-state index contributed by atoms with van der Waals surface area (Å²) in [4.78, 5) is 10.1. The van der Waals surface area contributed by atoms with Crippen LogP contribution in [-0.2, 0) is 5.11 Å². The largest absolute Gasteiger partial charge is 0.477 e. The summed E-state index contributed by atoms with van der Waals surface area (Å²) in [5.41, 5.74) is -1.82. The molecule has 0 saturated heterocycles. The van der Waals surface area contributed by atoms with Crippen molar-refractivity contribution in [2.24, 2.45) is 0 Å². The van der Waals surface area contributed by atoms with Crippen molar-refractivity contribution in [3.8, 4) is 5.75 Å². The van der Waals surface area contributed by atoms with Crippen LogP contribution in [-0.4, -0.2) is 11.1 Å². The maximum Gasteiger partial charge on any atom is 0.341 e. The van der Waals surface area contributed by atoms with Crippen molar-refractivity contribution in [2.75, 3.05) is 0 Å². The molecule has 3 nitrogen and oxygen atoms in total. The van der Waals surface area contributed by atoms with Crippen LogP contribution in [0.25, 0.3) is 0 Å². The van der Waals surface area contributed by atoms with Gasteiger partial charge >= 0.3 is 5.97 Å². The highest BCUT2D eigenvalue weighted by molar-refractivity contribution is 5.88. The molecule has 7 heteroatoms. The second-order valence-electron chi connectivity index (χ2n) is 2.27. The standard InChI is InChI=1S/C7HF4O3/c8-2-1(7(13)14)3(9)5(11)6(12)4(2)10/h(H,13,14). The van der Waals surface area contributed by atoms with Gasteiger partial charge in [0, 0.05) is 0 Å². The molecule has 0 spiro atoms. The Bertz CT molecular complexity index is 387. The second-order valence-corrected chi connectivity index (χ2v) is 2.27. The summed E-state index contributed by atoms with van der Waals surface area (Å²) in [6.45, 7) is 0. The molecule has 1 rings (SSSR count). The molecule has 0 aliphatic carbocycles. The minimum Gasteiger partial charge on any atom is -0.477 e. The fraction of sp³-hybridized carbons (Fsp3) is 0. The molecule has 14 heavy (non-hydrogen) atoms. The Hall–Kier alpha value is -1.79. The minimum atomic E-state index is -2.25. The Balaban J connectivity index is 3.68. The molecule has 1 radical (unpaired) electrons. The summed E-state index contributed by atoms with van der Waals surface area (Å²) in [7, 11) is 0. The third-order valence-electron chi connectivity index (χ3n) is 1.44. The van der Waals surface area contributed by atoms with Gasteiger partial charge in [-0.25, -0.2) is 13.6 Å². The molecule has 0 fully saturated rings. The lowest BCUT2D eigenvalue weighted by Gasteiger charge is -2.02. The topological polar surface area (TPSA) is 57.2 Å². The van der Waals surface area contributed by atoms with E-state index in [2.05, 4.69) is 0 Å². The summed E-state index contributed by atoms with van der Waals surface area (Å²) in [6, 6.07) is 0. The Kier molecular flexibility index (Phi) is 2.33. The average molecular weight is 209 g/mol. The number of carboxylic acids is 1. The van der Waals surface area contributed by atoms with Crippen LogP contribution in [0, 0.1) is 23.3 Å². The Morgan fingerprint density at radius 1 is 0.929 bits per heavy atom. The predicted octanol–water partition coefficient (Wildman–Crippen LogP) is 2.08. The van der Waals surface area contributed by atoms with Crippen molar-refractivity contribution in [3.63, 3.8) is 0 Å². The fourth-order valence-corrected chi connectivity index (χ4v) is 0.799. The normalized spacial score (nSPS) is 10.3. The van der Waals surface area contributed by atoms with Crippen molar-refractivity contribution < 1.29 is 32.6 Å². The van der Waals surface area contributed by atoms with Crippen LogP contribution in [0.3, 0.4) is 0 Å². The zero-order chi connectivity index (χ0) is 11.0. The van der Waals surface area contributed by atoms with E-state index >= 15 is 0 Å². The summed E-state index contributed by atoms with van der Waals surface area (Å²) in [5, 5.41) is 18.5. The monoisotopic (exact) mass is 209 g/mol. The molecule has 0 aliphatic heterocycles. The molecule has 1 N–H and O–H groups in total. The van der Waals surface area contributed by atoms with Crippen LogP contribution in [0.1, 0.15) is 10.4 Å². The van der Waals surface area contributed by atoms with Gasteiger partial charge in [0.25, 0.3) is 5.75 Å². The molecule has 0 aliphatic rings. The van der Waals surface area contributed by atoms with E-state index in [9.17, 15) is 27.5 Å². The lowest BCUT2D eigenvalue weighted by Crippen LogP contribution is -2.09. The maximum atomic E-state index is 12.6. The summed E-state index contributed by atoms with van der Waals surface area (Å²) >= 11 is 0. The number of halogens is 4. The smallest absolute Gasteiger partial charge is 0.341 e. The van der Waals surface area contributed by atoms with Crippen LogP contribution >= 0.6 is 0 Å². The van der Waals surface area contributed by atoms with Crippen molar-refractivity contribution in [3.05, 3.63) is 28.8 Å². The molecule has 0 amide bonds. The third kappa shape index (κ3) is 1.26. The van der Waals surface area contributed by atoms with Gasteiger partial charge in [-0.1, -0.05) is 0 Å². The first-order valence-corrected chi connectivity index (χ1v) is 3.14. The van der Waals surface area contributed by atoms with Crippen molar-refractivity contribution >= 4 is 5.97 Å². The molecule has 0 atom stereocenters. The highest BCUT2D eigenvalue weighted by atomic mass is 19.2. The van der Waals surface area contributed by atoms with Gasteiger partial charge < -0.3 is 5.11 Å². The highest BCUT2D eigenvalue weighted by Crippen LogP contribution is 2.29. The van der Waals surface area contributed by atoms with E-state index in [-0.39, 0.29) is 0 Å². The van der Waals surface area contributed by atoms with E-state index in [1.807, 2.05) is 0 Å². The van der Waals surface area contributed by atoms with E-state index in [0.717, 1.165) is 0 Å². The second kappa shape index (κ2) is 3.17. The van der Waals surface area contributed by atoms with Crippen LogP contribution < -0.4 is 0 Å². The van der Waals surface area contributed by atoms with Gasteiger partial charge in [0.05, 0.1) is 0 Å². The Morgan fingerprint density at radius 2 is 1.29 bits per heavy atom. The van der Waals surface area contributed by atoms with Crippen molar-refractivity contribution in [1.82, 2.24) is 0 Å². The molecule has 0 unspecified atom stereocenters. The molecule has 1 aromatic rings. The van der Waals surface area contributed by atoms with E-state index in [0.29, 0.717) is 0 Å². The van der Waals surface area contributed by atoms with E-state index in [1.54, 1.807) is 0 Å². The Labute approximate surface area is 74.2 Å². The molecule has 1 aromatic carbocycles. The van der Waals surface area contributed by atoms with Gasteiger partial charge in [-0.2, -0.15) is 8.78 Å². The first kappa shape index (κ1) is 10.3. The molecule has 0 saturated carbocycles. The molecular weight excluding hydrogens is 208 g/mol. The number of carbonyl (C=O) groups is 1. The third-order valence-corrected chi connectivity index (χ3v) is 1.44. The highest BCUT2D eigenvalue weighted by Gasteiger charge is 2.30. The molecular formula is C7HF4O3. The molecule has 75 valence electrons. The van der Waals surface area contributed by atoms with E-state index in [1.165, 1.54) is 0 Å². The number of hydrogen-bond donors (Lipinski definition) is 1. The quantitative estimate of drug-likeness (QED) is 0.568. The number of benzene rings is 1. The number of hydrogen-bond acceptors (Lipinski definition) is 1. The average Bonchev–Trinajstić information content (AvgIpc) is 2.11. The van der Waals surface area contributed by atoms with Crippen molar-refractivity contribution in [2.45, 2.75) is 0 Å². The zero-order valence-corrected chi connectivity index (χ0v) is 6.28. The maximum absolute atomic E-state index is 12.6. The SMILES string of the molecule is [O]c1c(F)c(F)c(C(=O)O)c(F)c1F. The molecule has 0 heterocycles. The summed E-state index contributed by atoms with van der Waals surface area (Å²) in [6.07, 6.45) is 0. The first-order chi connectivity index (χ1) is 6.37. The predicted molar refractivity (Wildman–Crippen MR) is 33.4 cm³/mol. The van der Waals surface area contributed by atoms with Gasteiger partial charge in [0.1, 0.15) is 5.56 Å². The van der Waals surface area contributed by atoms with Crippen LogP contribution in [0.4, 0.5) is 17.6 Å². The molecule has 0 aromatic heterocycles. The van der Waals surface area contributed by atoms with Gasteiger partial charge in [0.2, 0.25) is 11.6 Å². The molecule has 0 bridgehead atoms. The number of aromatic carboxylic acids is 1. The van der Waals surface area contributed by atoms with E-state index in [4.69, 9.17) is 5.11 Å². The van der Waals surface area contributed by atoms with Crippen LogP contribution in [0.2, 0.25) is 0 Å². The van der Waals surface area contributed by atoms with Crippen LogP contribution in [0.5, 0.6) is 5.75 Å². The zero-order valence-electron chi connectivity index (χ0n) is 6.28. The summed E-state index contributed by atoms with van der Waals surface area (Å²) < 4.78 is 50.1. The minimum absolute atomic E-state index is 1.82. The van der Waals surface area contributed by atoms with E-state index < -0.39 is 40.6 Å². The first-order valence-electron chi connectivity index (χ1n) is 3.14. The lowest BCUT2D eigenvalue weighted by atomic mass is 10.1. The number of rotatable bonds is 1. The van der Waals surface area contributed by atoms with Crippen molar-refractivity contribution in [1.29, 1.82) is 0 Å². The lowest BCUT2D eigenvalue weighted by molar-refractivity contribution is 0.0682. The van der Waals surface area contributed by atoms with Gasteiger partial charge in [-0.3, -0.25) is 5.11 Å². The van der Waals surface area contributed by atoms with Crippen LogP contribution in [0.15, 0.2) is 0 Å².